The molecule has 6 nitrogen and oxygen atoms in total. The van der Waals surface area contributed by atoms with Crippen LogP contribution in [-0.4, -0.2) is 24.5 Å². The number of rotatable bonds is 6. The second kappa shape index (κ2) is 9.45. The van der Waals surface area contributed by atoms with Crippen molar-refractivity contribution < 1.29 is 19.1 Å². The van der Waals surface area contributed by atoms with Crippen LogP contribution in [-0.2, 0) is 9.59 Å². The molecule has 2 N–H and O–H groups in total. The predicted molar refractivity (Wildman–Crippen MR) is 102 cm³/mol. The molecule has 1 unspecified atom stereocenters. The smallest absolute Gasteiger partial charge is 0.279 e. The average Bonchev–Trinajstić information content (AvgIpc) is 2.62. The summed E-state index contributed by atoms with van der Waals surface area (Å²) in [6.45, 7) is 3.23. The van der Waals surface area contributed by atoms with Gasteiger partial charge in [-0.25, -0.2) is 0 Å². The van der Waals surface area contributed by atoms with Crippen LogP contribution < -0.4 is 20.3 Å². The first-order valence-electron chi connectivity index (χ1n) is 7.75. The molecule has 8 heteroatoms. The van der Waals surface area contributed by atoms with Crippen LogP contribution in [0.1, 0.15) is 12.5 Å². The van der Waals surface area contributed by atoms with Crippen LogP contribution in [0.15, 0.2) is 46.9 Å². The van der Waals surface area contributed by atoms with Crippen molar-refractivity contribution in [3.63, 3.8) is 0 Å². The van der Waals surface area contributed by atoms with Crippen molar-refractivity contribution in [1.82, 2.24) is 10.9 Å². The average molecular weight is 442 g/mol. The molecule has 0 radical (unpaired) electrons. The molecule has 0 heterocycles. The highest BCUT2D eigenvalue weighted by Crippen LogP contribution is 2.24. The first-order valence-corrected chi connectivity index (χ1v) is 8.92. The fourth-order valence-corrected chi connectivity index (χ4v) is 2.34. The molecule has 2 aromatic carbocycles. The summed E-state index contributed by atoms with van der Waals surface area (Å²) in [5.74, 6) is -0.0682. The van der Waals surface area contributed by atoms with E-state index in [0.717, 1.165) is 10.0 Å². The second-order valence-electron chi connectivity index (χ2n) is 5.43. The van der Waals surface area contributed by atoms with Gasteiger partial charge in [0.05, 0.1) is 5.02 Å². The number of para-hydroxylation sites is 1. The van der Waals surface area contributed by atoms with Crippen molar-refractivity contribution in [2.45, 2.75) is 20.0 Å². The van der Waals surface area contributed by atoms with Gasteiger partial charge in [-0.05, 0) is 49.7 Å². The third-order valence-electron chi connectivity index (χ3n) is 3.33. The molecule has 0 aromatic heterocycles. The lowest BCUT2D eigenvalue weighted by molar-refractivity contribution is -0.133. The molecule has 0 aliphatic rings. The molecule has 1 atom stereocenters. The second-order valence-corrected chi connectivity index (χ2v) is 6.69. The summed E-state index contributed by atoms with van der Waals surface area (Å²) in [4.78, 5) is 23.8. The summed E-state index contributed by atoms with van der Waals surface area (Å²) in [5.41, 5.74) is 5.55. The molecular weight excluding hydrogens is 424 g/mol. The molecule has 0 spiro atoms. The van der Waals surface area contributed by atoms with E-state index in [0.29, 0.717) is 16.5 Å². The highest BCUT2D eigenvalue weighted by atomic mass is 79.9. The van der Waals surface area contributed by atoms with E-state index in [1.54, 1.807) is 43.3 Å². The Hall–Kier alpha value is -2.25. The number of amides is 2. The minimum absolute atomic E-state index is 0.235. The van der Waals surface area contributed by atoms with Gasteiger partial charge in [-0.2, -0.15) is 0 Å². The Balaban J connectivity index is 1.76. The minimum Gasteiger partial charge on any atom is -0.484 e. The lowest BCUT2D eigenvalue weighted by atomic mass is 10.2. The van der Waals surface area contributed by atoms with Gasteiger partial charge in [0, 0.05) is 4.47 Å². The topological polar surface area (TPSA) is 76.7 Å². The van der Waals surface area contributed by atoms with E-state index in [4.69, 9.17) is 21.1 Å². The summed E-state index contributed by atoms with van der Waals surface area (Å²) in [6, 6.07) is 12.2. The van der Waals surface area contributed by atoms with E-state index in [1.807, 2.05) is 13.0 Å². The molecular formula is C18H18BrClN2O4. The van der Waals surface area contributed by atoms with Crippen LogP contribution >= 0.6 is 27.5 Å². The molecule has 138 valence electrons. The molecule has 2 amide bonds. The quantitative estimate of drug-likeness (QED) is 0.674. The van der Waals surface area contributed by atoms with Crippen LogP contribution in [0.4, 0.5) is 0 Å². The number of carbonyl (C=O) groups is 2. The Morgan fingerprint density at radius 3 is 2.62 bits per heavy atom. The summed E-state index contributed by atoms with van der Waals surface area (Å²) in [6.07, 6.45) is -0.842. The predicted octanol–water partition coefficient (Wildman–Crippen LogP) is 3.40. The molecule has 0 aliphatic heterocycles. The van der Waals surface area contributed by atoms with E-state index < -0.39 is 17.9 Å². The number of ether oxygens (including phenoxy) is 2. The van der Waals surface area contributed by atoms with Gasteiger partial charge in [0.2, 0.25) is 0 Å². The highest BCUT2D eigenvalue weighted by Gasteiger charge is 2.16. The monoisotopic (exact) mass is 440 g/mol. The van der Waals surface area contributed by atoms with Crippen molar-refractivity contribution in [3.05, 3.63) is 57.5 Å². The number of benzene rings is 2. The number of carbonyl (C=O) groups excluding carboxylic acids is 2. The van der Waals surface area contributed by atoms with Crippen molar-refractivity contribution in [3.8, 4) is 11.5 Å². The van der Waals surface area contributed by atoms with Crippen molar-refractivity contribution in [1.29, 1.82) is 0 Å². The van der Waals surface area contributed by atoms with Crippen LogP contribution in [0.2, 0.25) is 5.02 Å². The summed E-state index contributed by atoms with van der Waals surface area (Å²) >= 11 is 9.36. The Labute approximate surface area is 164 Å². The fraction of sp³-hybridized carbons (Fsp3) is 0.222. The molecule has 2 aromatic rings. The Morgan fingerprint density at radius 1 is 1.19 bits per heavy atom. The summed E-state index contributed by atoms with van der Waals surface area (Å²) < 4.78 is 11.8. The standard InChI is InChI=1S/C18H18BrClN2O4/c1-11-9-13(7-8-14(11)19)25-10-17(23)21-22-18(24)12(2)26-16-6-4-3-5-15(16)20/h3-9,12H,10H2,1-2H3,(H,21,23)(H,22,24). The number of hydrogen-bond acceptors (Lipinski definition) is 4. The van der Waals surface area contributed by atoms with E-state index >= 15 is 0 Å². The van der Waals surface area contributed by atoms with Crippen molar-refractivity contribution in [2.24, 2.45) is 0 Å². The van der Waals surface area contributed by atoms with Gasteiger partial charge < -0.3 is 9.47 Å². The zero-order valence-corrected chi connectivity index (χ0v) is 16.6. The maximum Gasteiger partial charge on any atom is 0.279 e. The summed E-state index contributed by atoms with van der Waals surface area (Å²) in [7, 11) is 0. The lowest BCUT2D eigenvalue weighted by Crippen LogP contribution is -2.48. The van der Waals surface area contributed by atoms with E-state index in [-0.39, 0.29) is 6.61 Å². The molecule has 26 heavy (non-hydrogen) atoms. The first kappa shape index (κ1) is 20.1. The maximum atomic E-state index is 12.0. The largest absolute Gasteiger partial charge is 0.484 e. The Bertz CT molecular complexity index is 801. The van der Waals surface area contributed by atoms with Gasteiger partial charge in [0.15, 0.2) is 12.7 Å². The molecule has 0 aliphatic carbocycles. The highest BCUT2D eigenvalue weighted by molar-refractivity contribution is 9.10. The van der Waals surface area contributed by atoms with Crippen molar-refractivity contribution in [2.75, 3.05) is 6.61 Å². The molecule has 2 rings (SSSR count). The van der Waals surface area contributed by atoms with Gasteiger partial charge in [-0.1, -0.05) is 39.7 Å². The third kappa shape index (κ3) is 5.93. The van der Waals surface area contributed by atoms with Crippen LogP contribution in [0.5, 0.6) is 11.5 Å². The molecule has 0 fully saturated rings. The Kier molecular flexibility index (Phi) is 7.29. The van der Waals surface area contributed by atoms with Gasteiger partial charge in [-0.15, -0.1) is 0 Å². The zero-order valence-electron chi connectivity index (χ0n) is 14.2. The van der Waals surface area contributed by atoms with Crippen LogP contribution in [0.3, 0.4) is 0 Å². The maximum absolute atomic E-state index is 12.0. The third-order valence-corrected chi connectivity index (χ3v) is 4.54. The van der Waals surface area contributed by atoms with Crippen LogP contribution in [0.25, 0.3) is 0 Å². The summed E-state index contributed by atoms with van der Waals surface area (Å²) in [5, 5.41) is 0.398. The van der Waals surface area contributed by atoms with Gasteiger partial charge in [0.1, 0.15) is 11.5 Å². The van der Waals surface area contributed by atoms with Gasteiger partial charge >= 0.3 is 0 Å². The number of hydrogen-bond donors (Lipinski definition) is 2. The van der Waals surface area contributed by atoms with Gasteiger partial charge in [-0.3, -0.25) is 20.4 Å². The van der Waals surface area contributed by atoms with E-state index in [9.17, 15) is 9.59 Å². The number of hydrazine groups is 1. The zero-order chi connectivity index (χ0) is 19.1. The molecule has 0 saturated heterocycles. The van der Waals surface area contributed by atoms with E-state index in [1.165, 1.54) is 0 Å². The lowest BCUT2D eigenvalue weighted by Gasteiger charge is -2.16. The minimum atomic E-state index is -0.842. The molecule has 0 bridgehead atoms. The van der Waals surface area contributed by atoms with Gasteiger partial charge in [0.25, 0.3) is 11.8 Å². The molecule has 0 saturated carbocycles. The number of halogens is 2. The fourth-order valence-electron chi connectivity index (χ4n) is 1.91. The van der Waals surface area contributed by atoms with Crippen LogP contribution in [0, 0.1) is 6.92 Å². The Morgan fingerprint density at radius 2 is 1.92 bits per heavy atom. The normalized spacial score (nSPS) is 11.4. The number of aryl methyl sites for hydroxylation is 1. The van der Waals surface area contributed by atoms with Crippen molar-refractivity contribution >= 4 is 39.3 Å². The first-order chi connectivity index (χ1) is 12.4. The number of nitrogens with one attached hydrogen (secondary N) is 2. The SMILES string of the molecule is Cc1cc(OCC(=O)NNC(=O)C(C)Oc2ccccc2Cl)ccc1Br. The van der Waals surface area contributed by atoms with E-state index in [2.05, 4.69) is 26.8 Å².